The van der Waals surface area contributed by atoms with Crippen LogP contribution in [0.4, 0.5) is 0 Å². The van der Waals surface area contributed by atoms with Crippen molar-refractivity contribution in [3.63, 3.8) is 0 Å². The lowest BCUT2D eigenvalue weighted by Gasteiger charge is -2.32. The summed E-state index contributed by atoms with van der Waals surface area (Å²) in [6, 6.07) is 25.3. The van der Waals surface area contributed by atoms with Gasteiger partial charge < -0.3 is 14.2 Å². The molecule has 168 valence electrons. The highest BCUT2D eigenvalue weighted by Gasteiger charge is 2.26. The third-order valence-corrected chi connectivity index (χ3v) is 6.62. The van der Waals surface area contributed by atoms with Crippen molar-refractivity contribution >= 4 is 28.5 Å². The summed E-state index contributed by atoms with van der Waals surface area (Å²) >= 11 is 6.24. The Labute approximate surface area is 198 Å². The summed E-state index contributed by atoms with van der Waals surface area (Å²) in [5.41, 5.74) is 2.69. The molecule has 1 saturated heterocycles. The highest BCUT2D eigenvalue weighted by Crippen LogP contribution is 2.26. The van der Waals surface area contributed by atoms with E-state index in [4.69, 9.17) is 21.3 Å². The van der Waals surface area contributed by atoms with Gasteiger partial charge in [0.15, 0.2) is 0 Å². The molecule has 0 atom stereocenters. The Hall–Kier alpha value is -3.31. The van der Waals surface area contributed by atoms with Gasteiger partial charge in [0.2, 0.25) is 0 Å². The van der Waals surface area contributed by atoms with Crippen molar-refractivity contribution in [2.24, 2.45) is 5.92 Å². The molecule has 2 heterocycles. The number of hydrogen-bond donors (Lipinski definition) is 0. The van der Waals surface area contributed by atoms with Gasteiger partial charge in [-0.25, -0.2) is 4.98 Å². The van der Waals surface area contributed by atoms with E-state index >= 15 is 0 Å². The first-order valence-corrected chi connectivity index (χ1v) is 11.7. The number of para-hydroxylation sites is 3. The average Bonchev–Trinajstić information content (AvgIpc) is 3.21. The Kier molecular flexibility index (Phi) is 6.31. The molecule has 1 aromatic heterocycles. The molecule has 1 fully saturated rings. The number of nitrogens with zero attached hydrogens (tertiary/aromatic N) is 3. The molecule has 3 aromatic carbocycles. The maximum Gasteiger partial charge on any atom is 0.255 e. The van der Waals surface area contributed by atoms with E-state index < -0.39 is 0 Å². The number of imidazole rings is 1. The summed E-state index contributed by atoms with van der Waals surface area (Å²) in [5.74, 6) is 2.24. The van der Waals surface area contributed by atoms with Gasteiger partial charge in [-0.2, -0.15) is 0 Å². The maximum absolute atomic E-state index is 12.9. The van der Waals surface area contributed by atoms with Gasteiger partial charge in [0.1, 0.15) is 18.2 Å². The van der Waals surface area contributed by atoms with Crippen LogP contribution in [0.25, 0.3) is 11.0 Å². The molecular formula is C27H26ClN3O2. The molecule has 5 nitrogen and oxygen atoms in total. The van der Waals surface area contributed by atoms with Crippen LogP contribution in [-0.2, 0) is 13.2 Å². The van der Waals surface area contributed by atoms with Gasteiger partial charge in [-0.15, -0.1) is 0 Å². The lowest BCUT2D eigenvalue weighted by molar-refractivity contribution is 0.0682. The molecule has 0 N–H and O–H groups in total. The number of likely N-dealkylation sites (tertiary alicyclic amines) is 1. The summed E-state index contributed by atoms with van der Waals surface area (Å²) in [6.07, 6.45) is 1.89. The number of carbonyl (C=O) groups excluding carboxylic acids is 1. The van der Waals surface area contributed by atoms with Crippen molar-refractivity contribution in [2.45, 2.75) is 26.0 Å². The monoisotopic (exact) mass is 459 g/mol. The molecule has 5 rings (SSSR count). The zero-order valence-corrected chi connectivity index (χ0v) is 19.1. The van der Waals surface area contributed by atoms with E-state index in [1.54, 1.807) is 12.1 Å². The second-order valence-corrected chi connectivity index (χ2v) is 8.85. The van der Waals surface area contributed by atoms with Crippen molar-refractivity contribution in [2.75, 3.05) is 13.1 Å². The Morgan fingerprint density at radius 3 is 2.42 bits per heavy atom. The first kappa shape index (κ1) is 21.5. The zero-order chi connectivity index (χ0) is 22.6. The topological polar surface area (TPSA) is 47.4 Å². The van der Waals surface area contributed by atoms with E-state index in [0.717, 1.165) is 55.1 Å². The predicted molar refractivity (Wildman–Crippen MR) is 131 cm³/mol. The molecule has 33 heavy (non-hydrogen) atoms. The predicted octanol–water partition coefficient (Wildman–Crippen LogP) is 5.82. The van der Waals surface area contributed by atoms with Gasteiger partial charge in [-0.3, -0.25) is 4.79 Å². The first-order valence-electron chi connectivity index (χ1n) is 11.3. The molecule has 0 bridgehead atoms. The molecule has 0 unspecified atom stereocenters. The number of amides is 1. The van der Waals surface area contributed by atoms with E-state index in [-0.39, 0.29) is 5.91 Å². The Morgan fingerprint density at radius 2 is 1.64 bits per heavy atom. The van der Waals surface area contributed by atoms with Gasteiger partial charge in [0, 0.05) is 19.6 Å². The summed E-state index contributed by atoms with van der Waals surface area (Å²) in [6.45, 7) is 2.75. The number of rotatable bonds is 6. The minimum Gasteiger partial charge on any atom is -0.486 e. The molecule has 6 heteroatoms. The van der Waals surface area contributed by atoms with Crippen molar-refractivity contribution in [1.29, 1.82) is 0 Å². The highest BCUT2D eigenvalue weighted by atomic mass is 35.5. The maximum atomic E-state index is 12.9. The zero-order valence-electron chi connectivity index (χ0n) is 18.4. The van der Waals surface area contributed by atoms with E-state index in [1.165, 1.54) is 0 Å². The molecule has 0 saturated carbocycles. The number of aromatic nitrogens is 2. The number of halogens is 1. The molecule has 0 spiro atoms. The van der Waals surface area contributed by atoms with Crippen LogP contribution >= 0.6 is 11.6 Å². The third kappa shape index (κ3) is 4.74. The number of hydrogen-bond acceptors (Lipinski definition) is 3. The number of fused-ring (bicyclic) bond motifs is 1. The molecule has 1 aliphatic heterocycles. The van der Waals surface area contributed by atoms with Crippen LogP contribution in [-0.4, -0.2) is 33.4 Å². The van der Waals surface area contributed by atoms with Crippen molar-refractivity contribution < 1.29 is 9.53 Å². The van der Waals surface area contributed by atoms with Gasteiger partial charge in [-0.1, -0.05) is 54.1 Å². The number of piperidine rings is 1. The Bertz CT molecular complexity index is 1250. The molecule has 0 aliphatic carbocycles. The summed E-state index contributed by atoms with van der Waals surface area (Å²) < 4.78 is 8.30. The van der Waals surface area contributed by atoms with Crippen LogP contribution < -0.4 is 4.74 Å². The fourth-order valence-corrected chi connectivity index (χ4v) is 4.70. The Morgan fingerprint density at radius 1 is 0.939 bits per heavy atom. The van der Waals surface area contributed by atoms with E-state index in [2.05, 4.69) is 10.6 Å². The largest absolute Gasteiger partial charge is 0.486 e. The van der Waals surface area contributed by atoms with E-state index in [0.29, 0.717) is 23.1 Å². The molecule has 4 aromatic rings. The SMILES string of the molecule is O=C(c1ccccc1Cl)N1CCC(Cn2c(COc3ccccc3)nc3ccccc32)CC1. The highest BCUT2D eigenvalue weighted by molar-refractivity contribution is 6.33. The molecule has 1 aliphatic rings. The second-order valence-electron chi connectivity index (χ2n) is 8.44. The smallest absolute Gasteiger partial charge is 0.255 e. The summed E-state index contributed by atoms with van der Waals surface area (Å²) in [7, 11) is 0. The van der Waals surface area contributed by atoms with Crippen LogP contribution in [0.2, 0.25) is 5.02 Å². The summed E-state index contributed by atoms with van der Waals surface area (Å²) in [4.78, 5) is 19.7. The molecule has 1 amide bonds. The van der Waals surface area contributed by atoms with Crippen LogP contribution in [0.1, 0.15) is 29.0 Å². The van der Waals surface area contributed by atoms with Crippen molar-refractivity contribution in [3.8, 4) is 5.75 Å². The van der Waals surface area contributed by atoms with Gasteiger partial charge >= 0.3 is 0 Å². The van der Waals surface area contributed by atoms with Gasteiger partial charge in [0.05, 0.1) is 21.6 Å². The van der Waals surface area contributed by atoms with Crippen molar-refractivity contribution in [3.05, 3.63) is 95.3 Å². The minimum absolute atomic E-state index is 0.0177. The van der Waals surface area contributed by atoms with Crippen LogP contribution in [0.15, 0.2) is 78.9 Å². The van der Waals surface area contributed by atoms with Crippen LogP contribution in [0.5, 0.6) is 5.75 Å². The lowest BCUT2D eigenvalue weighted by atomic mass is 9.96. The molecule has 0 radical (unpaired) electrons. The Balaban J connectivity index is 1.28. The fourth-order valence-electron chi connectivity index (χ4n) is 4.49. The minimum atomic E-state index is 0.0177. The van der Waals surface area contributed by atoms with Crippen LogP contribution in [0, 0.1) is 5.92 Å². The second kappa shape index (κ2) is 9.67. The number of benzene rings is 3. The quantitative estimate of drug-likeness (QED) is 0.365. The average molecular weight is 460 g/mol. The normalized spacial score (nSPS) is 14.5. The van der Waals surface area contributed by atoms with E-state index in [9.17, 15) is 4.79 Å². The van der Waals surface area contributed by atoms with Gasteiger partial charge in [0.25, 0.3) is 5.91 Å². The van der Waals surface area contributed by atoms with Gasteiger partial charge in [-0.05, 0) is 55.2 Å². The van der Waals surface area contributed by atoms with E-state index in [1.807, 2.05) is 65.6 Å². The first-order chi connectivity index (χ1) is 16.2. The third-order valence-electron chi connectivity index (χ3n) is 6.29. The molecular weight excluding hydrogens is 434 g/mol. The lowest BCUT2D eigenvalue weighted by Crippen LogP contribution is -2.39. The fraction of sp³-hybridized carbons (Fsp3) is 0.259. The van der Waals surface area contributed by atoms with Crippen molar-refractivity contribution in [1.82, 2.24) is 14.5 Å². The number of ether oxygens (including phenoxy) is 1. The summed E-state index contributed by atoms with van der Waals surface area (Å²) in [5, 5.41) is 0.512. The van der Waals surface area contributed by atoms with Crippen LogP contribution in [0.3, 0.4) is 0 Å². The number of carbonyl (C=O) groups is 1. The standard InChI is InChI=1S/C27H26ClN3O2/c28-23-11-5-4-10-22(23)27(32)30-16-14-20(15-17-30)18-31-25-13-7-6-12-24(25)29-26(31)19-33-21-8-2-1-3-9-21/h1-13,20H,14-19H2.